The van der Waals surface area contributed by atoms with Crippen molar-refractivity contribution in [2.75, 3.05) is 0 Å². The topological polar surface area (TPSA) is 0 Å². The van der Waals surface area contributed by atoms with Crippen molar-refractivity contribution in [1.29, 1.82) is 0 Å². The fraction of sp³-hybridized carbons (Fsp3) is 0.200. The number of rotatable bonds is 1. The van der Waals surface area contributed by atoms with Crippen LogP contribution in [0.25, 0.3) is 11.1 Å². The van der Waals surface area contributed by atoms with E-state index in [1.807, 2.05) is 50.2 Å². The molecule has 82 valence electrons. The standard InChI is InChI=1S/C13H10.C2H6.W/c1-11-6-5-9-13(10-11)12-7-3-2-4-8-12;1-2;/h2-7,10H,1H3;1-2H3;/q-2;;+2. The van der Waals surface area contributed by atoms with E-state index in [0.717, 1.165) is 11.1 Å². The minimum absolute atomic E-state index is 0. The first-order chi connectivity index (χ1) is 7.36. The van der Waals surface area contributed by atoms with Crippen LogP contribution in [0.3, 0.4) is 0 Å². The van der Waals surface area contributed by atoms with E-state index in [9.17, 15) is 0 Å². The molecule has 0 radical (unpaired) electrons. The van der Waals surface area contributed by atoms with Crippen molar-refractivity contribution in [3.05, 3.63) is 60.2 Å². The molecule has 0 heterocycles. The van der Waals surface area contributed by atoms with Gasteiger partial charge in [0.15, 0.2) is 0 Å². The van der Waals surface area contributed by atoms with Crippen molar-refractivity contribution >= 4 is 0 Å². The van der Waals surface area contributed by atoms with Crippen molar-refractivity contribution in [2.45, 2.75) is 20.8 Å². The fourth-order valence-electron chi connectivity index (χ4n) is 1.30. The average molecular weight is 380 g/mol. The maximum atomic E-state index is 3.19. The Morgan fingerprint density at radius 1 is 0.875 bits per heavy atom. The maximum Gasteiger partial charge on any atom is 2.00 e. The van der Waals surface area contributed by atoms with E-state index in [4.69, 9.17) is 0 Å². The first kappa shape index (κ1) is 15.1. The Kier molecular flexibility index (Phi) is 7.85. The van der Waals surface area contributed by atoms with E-state index in [0.29, 0.717) is 0 Å². The number of hydrogen-bond donors (Lipinski definition) is 0. The summed E-state index contributed by atoms with van der Waals surface area (Å²) in [6, 6.07) is 20.4. The van der Waals surface area contributed by atoms with E-state index in [1.165, 1.54) is 5.56 Å². The zero-order valence-electron chi connectivity index (χ0n) is 9.95. The zero-order valence-corrected chi connectivity index (χ0v) is 12.9. The molecule has 0 bridgehead atoms. The van der Waals surface area contributed by atoms with Crippen LogP contribution in [0.15, 0.2) is 42.5 Å². The van der Waals surface area contributed by atoms with Crippen LogP contribution >= 0.6 is 0 Å². The Hall–Kier alpha value is -0.872. The van der Waals surface area contributed by atoms with Crippen molar-refractivity contribution in [1.82, 2.24) is 0 Å². The van der Waals surface area contributed by atoms with E-state index in [-0.39, 0.29) is 21.1 Å². The molecule has 0 aliphatic carbocycles. The molecule has 2 aromatic carbocycles. The molecule has 0 fully saturated rings. The van der Waals surface area contributed by atoms with Gasteiger partial charge in [-0.1, -0.05) is 20.8 Å². The van der Waals surface area contributed by atoms with Crippen molar-refractivity contribution in [2.24, 2.45) is 0 Å². The molecule has 0 N–H and O–H groups in total. The molecule has 0 amide bonds. The summed E-state index contributed by atoms with van der Waals surface area (Å²) in [6.07, 6.45) is 0. The molecule has 1 heteroatoms. The third kappa shape index (κ3) is 4.33. The van der Waals surface area contributed by atoms with Gasteiger partial charge in [0, 0.05) is 0 Å². The number of aryl methyl sites for hydroxylation is 1. The van der Waals surface area contributed by atoms with Gasteiger partial charge >= 0.3 is 21.1 Å². The smallest absolute Gasteiger partial charge is 0.226 e. The van der Waals surface area contributed by atoms with Crippen LogP contribution in [0.5, 0.6) is 0 Å². The molecule has 0 atom stereocenters. The van der Waals surface area contributed by atoms with Crippen molar-refractivity contribution in [3.8, 4) is 11.1 Å². The molecule has 2 aromatic rings. The van der Waals surface area contributed by atoms with E-state index in [1.54, 1.807) is 0 Å². The summed E-state index contributed by atoms with van der Waals surface area (Å²) in [5, 5.41) is 0. The second-order valence-electron chi connectivity index (χ2n) is 3.06. The Balaban J connectivity index is 0.000000711. The van der Waals surface area contributed by atoms with Crippen LogP contribution in [0.2, 0.25) is 0 Å². The second kappa shape index (κ2) is 8.30. The summed E-state index contributed by atoms with van der Waals surface area (Å²) in [6.45, 7) is 6.08. The van der Waals surface area contributed by atoms with Gasteiger partial charge in [-0.2, -0.15) is 42.5 Å². The maximum absolute atomic E-state index is 3.19. The molecular weight excluding hydrogens is 364 g/mol. The molecular formula is C15H16W. The molecule has 0 spiro atoms. The third-order valence-electron chi connectivity index (χ3n) is 1.96. The van der Waals surface area contributed by atoms with E-state index < -0.39 is 0 Å². The van der Waals surface area contributed by atoms with Gasteiger partial charge < -0.3 is 0 Å². The number of hydrogen-bond acceptors (Lipinski definition) is 0. The number of benzene rings is 2. The molecule has 0 aliphatic rings. The van der Waals surface area contributed by atoms with Crippen LogP contribution < -0.4 is 0 Å². The summed E-state index contributed by atoms with van der Waals surface area (Å²) in [7, 11) is 0. The van der Waals surface area contributed by atoms with Gasteiger partial charge in [0.2, 0.25) is 0 Å². The molecule has 0 nitrogen and oxygen atoms in total. The third-order valence-corrected chi connectivity index (χ3v) is 1.96. The monoisotopic (exact) mass is 380 g/mol. The predicted molar refractivity (Wildman–Crippen MR) is 65.6 cm³/mol. The molecule has 0 unspecified atom stereocenters. The minimum atomic E-state index is 0. The quantitative estimate of drug-likeness (QED) is 0.648. The van der Waals surface area contributed by atoms with Crippen LogP contribution in [0.4, 0.5) is 0 Å². The van der Waals surface area contributed by atoms with E-state index in [2.05, 4.69) is 25.1 Å². The largest absolute Gasteiger partial charge is 2.00 e. The van der Waals surface area contributed by atoms with Crippen LogP contribution in [0.1, 0.15) is 19.4 Å². The Morgan fingerprint density at radius 3 is 2.12 bits per heavy atom. The predicted octanol–water partition coefficient (Wildman–Crippen LogP) is 4.29. The summed E-state index contributed by atoms with van der Waals surface area (Å²) >= 11 is 0. The van der Waals surface area contributed by atoms with Gasteiger partial charge in [-0.15, -0.1) is 17.7 Å². The van der Waals surface area contributed by atoms with Gasteiger partial charge in [0.25, 0.3) is 0 Å². The SMILES string of the molecule is CC.Cc1cc[c-]c(-c2[c-]cccc2)c1.[W+2]. The normalized spacial score (nSPS) is 8.44. The Labute approximate surface area is 113 Å². The first-order valence-electron chi connectivity index (χ1n) is 5.32. The minimum Gasteiger partial charge on any atom is -0.226 e. The molecule has 2 rings (SSSR count). The second-order valence-corrected chi connectivity index (χ2v) is 3.06. The Morgan fingerprint density at radius 2 is 1.56 bits per heavy atom. The molecule has 16 heavy (non-hydrogen) atoms. The average Bonchev–Trinajstić information content (AvgIpc) is 2.33. The van der Waals surface area contributed by atoms with Gasteiger partial charge in [-0.3, -0.25) is 0 Å². The molecule has 0 saturated heterocycles. The van der Waals surface area contributed by atoms with Gasteiger partial charge in [0.05, 0.1) is 0 Å². The van der Waals surface area contributed by atoms with Crippen molar-refractivity contribution in [3.63, 3.8) is 0 Å². The first-order valence-corrected chi connectivity index (χ1v) is 5.32. The van der Waals surface area contributed by atoms with Gasteiger partial charge in [0.1, 0.15) is 0 Å². The van der Waals surface area contributed by atoms with Gasteiger partial charge in [-0.25, -0.2) is 11.1 Å². The summed E-state index contributed by atoms with van der Waals surface area (Å²) in [5.74, 6) is 0. The fourth-order valence-corrected chi connectivity index (χ4v) is 1.30. The summed E-state index contributed by atoms with van der Waals surface area (Å²) in [5.41, 5.74) is 3.47. The Bertz CT molecular complexity index is 393. The van der Waals surface area contributed by atoms with Gasteiger partial charge in [-0.05, 0) is 0 Å². The van der Waals surface area contributed by atoms with Crippen LogP contribution in [-0.2, 0) is 21.1 Å². The van der Waals surface area contributed by atoms with Crippen LogP contribution in [-0.4, -0.2) is 0 Å². The zero-order chi connectivity index (χ0) is 11.1. The molecule has 0 saturated carbocycles. The summed E-state index contributed by atoms with van der Waals surface area (Å²) < 4.78 is 0. The van der Waals surface area contributed by atoms with E-state index >= 15 is 0 Å². The van der Waals surface area contributed by atoms with Crippen LogP contribution in [0, 0.1) is 19.1 Å². The molecule has 0 aromatic heterocycles. The molecule has 0 aliphatic heterocycles. The van der Waals surface area contributed by atoms with Crippen molar-refractivity contribution < 1.29 is 21.1 Å². The summed E-state index contributed by atoms with van der Waals surface area (Å²) in [4.78, 5) is 0.